The van der Waals surface area contributed by atoms with Crippen LogP contribution < -0.4 is 0 Å². The monoisotopic (exact) mass is 290 g/mol. The first-order valence-electron chi connectivity index (χ1n) is 6.09. The zero-order valence-corrected chi connectivity index (χ0v) is 12.3. The highest BCUT2D eigenvalue weighted by molar-refractivity contribution is 8.77. The van der Waals surface area contributed by atoms with Gasteiger partial charge in [0.15, 0.2) is 0 Å². The highest BCUT2D eigenvalue weighted by atomic mass is 33.1. The smallest absolute Gasteiger partial charge is 0.307 e. The molecule has 2 unspecified atom stereocenters. The minimum absolute atomic E-state index is 0.0790. The quantitative estimate of drug-likeness (QED) is 0.588. The van der Waals surface area contributed by atoms with Gasteiger partial charge in [0, 0.05) is 9.49 Å². The van der Waals surface area contributed by atoms with Crippen LogP contribution >= 0.6 is 21.6 Å². The lowest BCUT2D eigenvalue weighted by atomic mass is 10.0. The van der Waals surface area contributed by atoms with Crippen LogP contribution in [0.5, 0.6) is 0 Å². The summed E-state index contributed by atoms with van der Waals surface area (Å²) in [4.78, 5) is 22.7. The van der Waals surface area contributed by atoms with E-state index in [0.717, 1.165) is 12.8 Å². The average Bonchev–Trinajstić information content (AvgIpc) is 2.26. The highest BCUT2D eigenvalue weighted by Gasteiger charge is 2.39. The topological polar surface area (TPSA) is 52.6 Å². The summed E-state index contributed by atoms with van der Waals surface area (Å²) in [5.74, 6) is -0.241. The van der Waals surface area contributed by atoms with Crippen molar-refractivity contribution in [2.45, 2.75) is 49.0 Å². The van der Waals surface area contributed by atoms with Gasteiger partial charge < -0.3 is 9.47 Å². The van der Waals surface area contributed by atoms with Crippen molar-refractivity contribution in [3.63, 3.8) is 0 Å². The molecule has 0 aromatic heterocycles. The second-order valence-electron chi connectivity index (χ2n) is 5.36. The molecule has 0 N–H and O–H groups in total. The first-order valence-corrected chi connectivity index (χ1v) is 8.24. The summed E-state index contributed by atoms with van der Waals surface area (Å²) < 4.78 is 9.79. The third kappa shape index (κ3) is 3.57. The lowest BCUT2D eigenvalue weighted by Gasteiger charge is -2.37. The third-order valence-electron chi connectivity index (χ3n) is 3.27. The molecule has 18 heavy (non-hydrogen) atoms. The van der Waals surface area contributed by atoms with Crippen molar-refractivity contribution < 1.29 is 19.1 Å². The van der Waals surface area contributed by atoms with Gasteiger partial charge in [-0.2, -0.15) is 0 Å². The van der Waals surface area contributed by atoms with Gasteiger partial charge in [0.2, 0.25) is 0 Å². The number of hydrogen-bond donors (Lipinski definition) is 0. The molecule has 4 nitrogen and oxygen atoms in total. The predicted molar refractivity (Wildman–Crippen MR) is 72.4 cm³/mol. The number of ether oxygens (including phenoxy) is 2. The van der Waals surface area contributed by atoms with Crippen LogP contribution in [0.15, 0.2) is 0 Å². The van der Waals surface area contributed by atoms with Crippen LogP contribution in [0, 0.1) is 0 Å². The standard InChI is InChI=1S/C12H18O4S2/c1-11(3-5-15-9(13)7-11)17-18-12(2)4-6-16-10(14)8-12/h3-8H2,1-2H3. The van der Waals surface area contributed by atoms with E-state index in [2.05, 4.69) is 13.8 Å². The maximum atomic E-state index is 11.3. The van der Waals surface area contributed by atoms with E-state index in [0.29, 0.717) is 26.1 Å². The summed E-state index contributed by atoms with van der Waals surface area (Å²) in [5.41, 5.74) is 0. The van der Waals surface area contributed by atoms with E-state index in [9.17, 15) is 9.59 Å². The molecule has 102 valence electrons. The molecule has 0 aromatic carbocycles. The number of carbonyl (C=O) groups excluding carboxylic acids is 2. The molecule has 0 radical (unpaired) electrons. The molecule has 0 bridgehead atoms. The van der Waals surface area contributed by atoms with Crippen LogP contribution in [-0.2, 0) is 19.1 Å². The van der Waals surface area contributed by atoms with E-state index in [1.165, 1.54) is 0 Å². The zero-order chi connectivity index (χ0) is 13.2. The fourth-order valence-corrected chi connectivity index (χ4v) is 5.14. The average molecular weight is 290 g/mol. The van der Waals surface area contributed by atoms with E-state index in [4.69, 9.17) is 9.47 Å². The third-order valence-corrected chi connectivity index (χ3v) is 7.52. The van der Waals surface area contributed by atoms with Crippen molar-refractivity contribution in [1.82, 2.24) is 0 Å². The number of hydrogen-bond acceptors (Lipinski definition) is 6. The Hall–Kier alpha value is -0.360. The molecule has 2 aliphatic heterocycles. The van der Waals surface area contributed by atoms with Crippen molar-refractivity contribution >= 4 is 33.5 Å². The van der Waals surface area contributed by atoms with Crippen LogP contribution in [0.2, 0.25) is 0 Å². The second kappa shape index (κ2) is 5.33. The molecule has 2 rings (SSSR count). The number of esters is 2. The van der Waals surface area contributed by atoms with Crippen LogP contribution in [0.25, 0.3) is 0 Å². The van der Waals surface area contributed by atoms with Gasteiger partial charge in [-0.3, -0.25) is 9.59 Å². The summed E-state index contributed by atoms with van der Waals surface area (Å²) in [6.07, 6.45) is 2.64. The molecule has 2 fully saturated rings. The summed E-state index contributed by atoms with van der Waals surface area (Å²) in [6, 6.07) is 0. The molecular formula is C12H18O4S2. The lowest BCUT2D eigenvalue weighted by molar-refractivity contribution is -0.148. The highest BCUT2D eigenvalue weighted by Crippen LogP contribution is 2.51. The first-order chi connectivity index (χ1) is 8.41. The Labute approximate surface area is 115 Å². The molecule has 2 aliphatic rings. The van der Waals surface area contributed by atoms with E-state index in [-0.39, 0.29) is 21.4 Å². The second-order valence-corrected chi connectivity index (χ2v) is 8.67. The van der Waals surface area contributed by atoms with Gasteiger partial charge in [0.05, 0.1) is 26.1 Å². The van der Waals surface area contributed by atoms with E-state index >= 15 is 0 Å². The molecule has 2 atom stereocenters. The van der Waals surface area contributed by atoms with E-state index in [1.54, 1.807) is 21.6 Å². The molecule has 0 aliphatic carbocycles. The van der Waals surface area contributed by atoms with Crippen LogP contribution in [0.1, 0.15) is 39.5 Å². The van der Waals surface area contributed by atoms with Crippen molar-refractivity contribution in [3.05, 3.63) is 0 Å². The van der Waals surface area contributed by atoms with Crippen LogP contribution in [0.4, 0.5) is 0 Å². The molecule has 6 heteroatoms. The Morgan fingerprint density at radius 1 is 0.889 bits per heavy atom. The normalized spacial score (nSPS) is 37.0. The lowest BCUT2D eigenvalue weighted by Crippen LogP contribution is -2.35. The maximum absolute atomic E-state index is 11.3. The molecule has 0 aromatic rings. The molecular weight excluding hydrogens is 272 g/mol. The Kier molecular flexibility index (Phi) is 4.16. The molecule has 2 heterocycles. The Morgan fingerprint density at radius 2 is 1.28 bits per heavy atom. The molecule has 2 saturated heterocycles. The fraction of sp³-hybridized carbons (Fsp3) is 0.833. The van der Waals surface area contributed by atoms with Crippen molar-refractivity contribution in [3.8, 4) is 0 Å². The van der Waals surface area contributed by atoms with Gasteiger partial charge in [0.25, 0.3) is 0 Å². The number of carbonyl (C=O) groups is 2. The number of rotatable bonds is 3. The summed E-state index contributed by atoms with van der Waals surface area (Å²) >= 11 is 0. The van der Waals surface area contributed by atoms with Gasteiger partial charge in [0.1, 0.15) is 0 Å². The van der Waals surface area contributed by atoms with Gasteiger partial charge in [-0.25, -0.2) is 0 Å². The van der Waals surface area contributed by atoms with Gasteiger partial charge >= 0.3 is 11.9 Å². The van der Waals surface area contributed by atoms with Gasteiger partial charge in [-0.15, -0.1) is 0 Å². The predicted octanol–water partition coefficient (Wildman–Crippen LogP) is 2.56. The molecule has 0 saturated carbocycles. The molecule has 0 spiro atoms. The Balaban J connectivity index is 1.89. The Morgan fingerprint density at radius 3 is 1.61 bits per heavy atom. The minimum Gasteiger partial charge on any atom is -0.466 e. The van der Waals surface area contributed by atoms with Crippen LogP contribution in [-0.4, -0.2) is 34.6 Å². The minimum atomic E-state index is -0.120. The van der Waals surface area contributed by atoms with Crippen molar-refractivity contribution in [2.75, 3.05) is 13.2 Å². The van der Waals surface area contributed by atoms with Crippen molar-refractivity contribution in [1.29, 1.82) is 0 Å². The Bertz CT molecular complexity index is 326. The van der Waals surface area contributed by atoms with Crippen LogP contribution in [0.3, 0.4) is 0 Å². The fourth-order valence-electron chi connectivity index (χ4n) is 1.99. The SMILES string of the molecule is CC1(SSC2(C)CCOC(=O)C2)CCOC(=O)C1. The van der Waals surface area contributed by atoms with Gasteiger partial charge in [-0.1, -0.05) is 21.6 Å². The maximum Gasteiger partial charge on any atom is 0.307 e. The zero-order valence-electron chi connectivity index (χ0n) is 10.7. The summed E-state index contributed by atoms with van der Waals surface area (Å²) in [7, 11) is 3.44. The van der Waals surface area contributed by atoms with E-state index < -0.39 is 0 Å². The van der Waals surface area contributed by atoms with Crippen molar-refractivity contribution in [2.24, 2.45) is 0 Å². The van der Waals surface area contributed by atoms with E-state index in [1.807, 2.05) is 0 Å². The molecule has 0 amide bonds. The first kappa shape index (κ1) is 14.1. The summed E-state index contributed by atoms with van der Waals surface area (Å²) in [5, 5.41) is 0. The number of cyclic esters (lactones) is 2. The summed E-state index contributed by atoms with van der Waals surface area (Å²) in [6.45, 7) is 5.19. The largest absolute Gasteiger partial charge is 0.466 e. The van der Waals surface area contributed by atoms with Gasteiger partial charge in [-0.05, 0) is 26.7 Å².